The quantitative estimate of drug-likeness (QED) is 0.868. The maximum atomic E-state index is 6.19. The van der Waals surface area contributed by atoms with Gasteiger partial charge in [-0.15, -0.1) is 0 Å². The van der Waals surface area contributed by atoms with Crippen molar-refractivity contribution in [2.75, 3.05) is 17.7 Å². The molecule has 112 valence electrons. The molecular formula is C16H21ClN4. The van der Waals surface area contributed by atoms with Crippen molar-refractivity contribution < 1.29 is 0 Å². The van der Waals surface area contributed by atoms with Crippen LogP contribution in [0.4, 0.5) is 11.6 Å². The number of hydrogen-bond donors (Lipinski definition) is 2. The van der Waals surface area contributed by atoms with E-state index in [0.717, 1.165) is 33.6 Å². The summed E-state index contributed by atoms with van der Waals surface area (Å²) in [7, 11) is 1.87. The fraction of sp³-hybridized carbons (Fsp3) is 0.375. The number of hydrogen-bond acceptors (Lipinski definition) is 4. The van der Waals surface area contributed by atoms with Crippen LogP contribution < -0.4 is 10.6 Å². The molecular weight excluding hydrogens is 284 g/mol. The van der Waals surface area contributed by atoms with Crippen molar-refractivity contribution in [2.24, 2.45) is 0 Å². The zero-order valence-electron chi connectivity index (χ0n) is 12.9. The van der Waals surface area contributed by atoms with Crippen molar-refractivity contribution in [2.45, 2.75) is 33.2 Å². The van der Waals surface area contributed by atoms with Crippen LogP contribution in [0.2, 0.25) is 5.02 Å². The van der Waals surface area contributed by atoms with Crippen LogP contribution in [0, 0.1) is 6.92 Å². The van der Waals surface area contributed by atoms with Crippen molar-refractivity contribution >= 4 is 23.2 Å². The summed E-state index contributed by atoms with van der Waals surface area (Å²) in [4.78, 5) is 9.16. The highest BCUT2D eigenvalue weighted by molar-refractivity contribution is 6.31. The van der Waals surface area contributed by atoms with Gasteiger partial charge >= 0.3 is 0 Å². The maximum absolute atomic E-state index is 6.19. The molecule has 0 aliphatic rings. The van der Waals surface area contributed by atoms with Crippen LogP contribution in [0.1, 0.15) is 36.7 Å². The first-order valence-corrected chi connectivity index (χ1v) is 7.44. The Morgan fingerprint density at radius 3 is 2.43 bits per heavy atom. The van der Waals surface area contributed by atoms with E-state index >= 15 is 0 Å². The third-order valence-corrected chi connectivity index (χ3v) is 3.69. The lowest BCUT2D eigenvalue weighted by Gasteiger charge is -2.15. The summed E-state index contributed by atoms with van der Waals surface area (Å²) in [6, 6.07) is 7.81. The van der Waals surface area contributed by atoms with Gasteiger partial charge in [-0.05, 0) is 18.6 Å². The van der Waals surface area contributed by atoms with Gasteiger partial charge in [-0.1, -0.05) is 43.6 Å². The van der Waals surface area contributed by atoms with Gasteiger partial charge in [-0.25, -0.2) is 9.97 Å². The first-order chi connectivity index (χ1) is 10.0. The van der Waals surface area contributed by atoms with E-state index in [4.69, 9.17) is 11.6 Å². The molecule has 0 amide bonds. The highest BCUT2D eigenvalue weighted by Gasteiger charge is 2.12. The maximum Gasteiger partial charge on any atom is 0.135 e. The van der Waals surface area contributed by atoms with Crippen molar-refractivity contribution in [1.82, 2.24) is 9.97 Å². The van der Waals surface area contributed by atoms with E-state index < -0.39 is 0 Å². The van der Waals surface area contributed by atoms with E-state index in [9.17, 15) is 0 Å². The average molecular weight is 305 g/mol. The van der Waals surface area contributed by atoms with E-state index in [2.05, 4.69) is 34.4 Å². The van der Waals surface area contributed by atoms with E-state index in [1.54, 1.807) is 0 Å². The number of rotatable bonds is 5. The molecule has 1 aromatic heterocycles. The van der Waals surface area contributed by atoms with Gasteiger partial charge < -0.3 is 10.6 Å². The minimum Gasteiger partial charge on any atom is -0.373 e. The number of anilines is 2. The predicted octanol–water partition coefficient (Wildman–Crippen LogP) is 4.22. The Hall–Kier alpha value is -1.81. The molecule has 0 aliphatic heterocycles. The summed E-state index contributed by atoms with van der Waals surface area (Å²) >= 11 is 6.19. The zero-order chi connectivity index (χ0) is 15.4. The van der Waals surface area contributed by atoms with Gasteiger partial charge in [0.1, 0.15) is 17.5 Å². The van der Waals surface area contributed by atoms with Crippen LogP contribution in [-0.2, 0) is 6.54 Å². The topological polar surface area (TPSA) is 49.8 Å². The smallest absolute Gasteiger partial charge is 0.135 e. The summed E-state index contributed by atoms with van der Waals surface area (Å²) in [6.07, 6.45) is 0. The number of aromatic nitrogens is 2. The summed E-state index contributed by atoms with van der Waals surface area (Å²) in [5.74, 6) is 2.80. The summed E-state index contributed by atoms with van der Waals surface area (Å²) in [5, 5.41) is 7.25. The number of halogens is 1. The van der Waals surface area contributed by atoms with Gasteiger partial charge in [-0.3, -0.25) is 0 Å². The second-order valence-electron chi connectivity index (χ2n) is 5.25. The molecule has 0 aliphatic carbocycles. The van der Waals surface area contributed by atoms with Gasteiger partial charge in [0.15, 0.2) is 0 Å². The average Bonchev–Trinajstić information content (AvgIpc) is 2.47. The minimum absolute atomic E-state index is 0.276. The Morgan fingerprint density at radius 1 is 1.14 bits per heavy atom. The Morgan fingerprint density at radius 2 is 1.81 bits per heavy atom. The lowest BCUT2D eigenvalue weighted by molar-refractivity contribution is 0.773. The predicted molar refractivity (Wildman–Crippen MR) is 89.2 cm³/mol. The molecule has 2 rings (SSSR count). The number of nitrogens with one attached hydrogen (secondary N) is 2. The third-order valence-electron chi connectivity index (χ3n) is 3.32. The largest absolute Gasteiger partial charge is 0.373 e. The molecule has 1 heterocycles. The molecule has 0 unspecified atom stereocenters. The molecule has 2 aromatic rings. The molecule has 21 heavy (non-hydrogen) atoms. The number of benzene rings is 1. The lowest BCUT2D eigenvalue weighted by Crippen LogP contribution is -2.10. The molecule has 0 bridgehead atoms. The van der Waals surface area contributed by atoms with E-state index in [-0.39, 0.29) is 5.92 Å². The molecule has 1 aromatic carbocycles. The summed E-state index contributed by atoms with van der Waals surface area (Å²) in [6.45, 7) is 6.81. The minimum atomic E-state index is 0.276. The van der Waals surface area contributed by atoms with Crippen LogP contribution in [0.25, 0.3) is 0 Å². The van der Waals surface area contributed by atoms with Gasteiger partial charge in [0.05, 0.1) is 0 Å². The molecule has 4 nitrogen and oxygen atoms in total. The normalized spacial score (nSPS) is 10.8. The monoisotopic (exact) mass is 304 g/mol. The summed E-state index contributed by atoms with van der Waals surface area (Å²) < 4.78 is 0. The van der Waals surface area contributed by atoms with Crippen molar-refractivity contribution in [3.63, 3.8) is 0 Å². The Bertz CT molecular complexity index is 626. The molecule has 0 saturated heterocycles. The summed E-state index contributed by atoms with van der Waals surface area (Å²) in [5.41, 5.74) is 2.06. The second-order valence-corrected chi connectivity index (χ2v) is 5.66. The standard InChI is InChI=1S/C16H21ClN4/c1-10(2)14-20-15(18-4)11(3)16(21-14)19-9-12-7-5-6-8-13(12)17/h5-8,10H,9H2,1-4H3,(H2,18,19,20,21). The third kappa shape index (κ3) is 3.64. The van der Waals surface area contributed by atoms with Crippen molar-refractivity contribution in [3.05, 3.63) is 46.2 Å². The van der Waals surface area contributed by atoms with Gasteiger partial charge in [0, 0.05) is 30.1 Å². The van der Waals surface area contributed by atoms with E-state index in [1.807, 2.05) is 38.2 Å². The fourth-order valence-corrected chi connectivity index (χ4v) is 2.23. The van der Waals surface area contributed by atoms with Crippen LogP contribution >= 0.6 is 11.6 Å². The Kier molecular flexibility index (Phi) is 5.02. The molecule has 5 heteroatoms. The van der Waals surface area contributed by atoms with Crippen molar-refractivity contribution in [3.8, 4) is 0 Å². The molecule has 0 spiro atoms. The van der Waals surface area contributed by atoms with Gasteiger partial charge in [-0.2, -0.15) is 0 Å². The van der Waals surface area contributed by atoms with Crippen molar-refractivity contribution in [1.29, 1.82) is 0 Å². The molecule has 0 saturated carbocycles. The fourth-order valence-electron chi connectivity index (χ4n) is 2.03. The second kappa shape index (κ2) is 6.76. The Labute approximate surface area is 131 Å². The Balaban J connectivity index is 2.27. The highest BCUT2D eigenvalue weighted by atomic mass is 35.5. The van der Waals surface area contributed by atoms with E-state index in [0.29, 0.717) is 6.54 Å². The lowest BCUT2D eigenvalue weighted by atomic mass is 10.2. The SMILES string of the molecule is CNc1nc(C(C)C)nc(NCc2ccccc2Cl)c1C. The first kappa shape index (κ1) is 15.6. The molecule has 0 atom stereocenters. The van der Waals surface area contributed by atoms with Crippen LogP contribution in [0.5, 0.6) is 0 Å². The van der Waals surface area contributed by atoms with Gasteiger partial charge in [0.2, 0.25) is 0 Å². The molecule has 0 fully saturated rings. The highest BCUT2D eigenvalue weighted by Crippen LogP contribution is 2.24. The van der Waals surface area contributed by atoms with Gasteiger partial charge in [0.25, 0.3) is 0 Å². The first-order valence-electron chi connectivity index (χ1n) is 7.06. The van der Waals surface area contributed by atoms with E-state index in [1.165, 1.54) is 0 Å². The van der Waals surface area contributed by atoms with Crippen LogP contribution in [0.3, 0.4) is 0 Å². The van der Waals surface area contributed by atoms with Crippen LogP contribution in [0.15, 0.2) is 24.3 Å². The molecule has 2 N–H and O–H groups in total. The van der Waals surface area contributed by atoms with Crippen LogP contribution in [-0.4, -0.2) is 17.0 Å². The zero-order valence-corrected chi connectivity index (χ0v) is 13.6. The molecule has 0 radical (unpaired) electrons. The number of nitrogens with zero attached hydrogens (tertiary/aromatic N) is 2.